The lowest BCUT2D eigenvalue weighted by Crippen LogP contribution is -1.92. The third kappa shape index (κ3) is 1.52. The summed E-state index contributed by atoms with van der Waals surface area (Å²) in [5.41, 5.74) is 1.47. The van der Waals surface area contributed by atoms with E-state index in [2.05, 4.69) is 9.97 Å². The van der Waals surface area contributed by atoms with Crippen molar-refractivity contribution >= 4 is 0 Å². The summed E-state index contributed by atoms with van der Waals surface area (Å²) in [7, 11) is 1.89. The molecule has 2 aromatic heterocycles. The minimum absolute atomic E-state index is 0.0410. The third-order valence-electron chi connectivity index (χ3n) is 1.98. The van der Waals surface area contributed by atoms with Crippen molar-refractivity contribution < 1.29 is 5.11 Å². The van der Waals surface area contributed by atoms with Crippen molar-refractivity contribution in [3.63, 3.8) is 0 Å². The van der Waals surface area contributed by atoms with Crippen LogP contribution in [0.3, 0.4) is 0 Å². The lowest BCUT2D eigenvalue weighted by molar-refractivity contribution is 0.277. The summed E-state index contributed by atoms with van der Waals surface area (Å²) in [5, 5.41) is 8.93. The fourth-order valence-electron chi connectivity index (χ4n) is 1.34. The van der Waals surface area contributed by atoms with Crippen LogP contribution in [0.15, 0.2) is 30.6 Å². The van der Waals surface area contributed by atoms with Crippen LogP contribution in [-0.2, 0) is 13.7 Å². The van der Waals surface area contributed by atoms with Crippen molar-refractivity contribution in [3.05, 3.63) is 36.3 Å². The smallest absolute Gasteiger partial charge is 0.158 e. The minimum atomic E-state index is -0.0410. The Morgan fingerprint density at radius 3 is 2.86 bits per heavy atom. The van der Waals surface area contributed by atoms with E-state index in [-0.39, 0.29) is 6.61 Å². The molecule has 14 heavy (non-hydrogen) atoms. The number of aromatic nitrogens is 3. The van der Waals surface area contributed by atoms with Crippen LogP contribution < -0.4 is 0 Å². The molecule has 0 aliphatic heterocycles. The maximum Gasteiger partial charge on any atom is 0.158 e. The average molecular weight is 189 g/mol. The van der Waals surface area contributed by atoms with Crippen molar-refractivity contribution in [2.24, 2.45) is 7.05 Å². The molecular formula is C10H11N3O. The highest BCUT2D eigenvalue weighted by Gasteiger charge is 2.06. The topological polar surface area (TPSA) is 50.9 Å². The van der Waals surface area contributed by atoms with Crippen LogP contribution in [0.2, 0.25) is 0 Å². The summed E-state index contributed by atoms with van der Waals surface area (Å²) < 4.78 is 1.86. The Hall–Kier alpha value is -1.68. The number of aliphatic hydroxyl groups excluding tert-OH is 1. The Morgan fingerprint density at radius 2 is 2.29 bits per heavy atom. The molecule has 0 spiro atoms. The summed E-state index contributed by atoms with van der Waals surface area (Å²) >= 11 is 0. The number of hydrogen-bond acceptors (Lipinski definition) is 3. The molecule has 2 rings (SSSR count). The Balaban J connectivity index is 2.46. The average Bonchev–Trinajstić information content (AvgIpc) is 2.61. The van der Waals surface area contributed by atoms with Crippen LogP contribution in [-0.4, -0.2) is 19.6 Å². The summed E-state index contributed by atoms with van der Waals surface area (Å²) in [4.78, 5) is 8.44. The van der Waals surface area contributed by atoms with Gasteiger partial charge in [0.25, 0.3) is 0 Å². The van der Waals surface area contributed by atoms with Gasteiger partial charge in [-0.25, -0.2) is 4.98 Å². The fourth-order valence-corrected chi connectivity index (χ4v) is 1.34. The van der Waals surface area contributed by atoms with Crippen LogP contribution in [0.4, 0.5) is 0 Å². The molecule has 0 unspecified atom stereocenters. The summed E-state index contributed by atoms with van der Waals surface area (Å²) in [6.07, 6.45) is 3.52. The molecule has 0 amide bonds. The first-order valence-corrected chi connectivity index (χ1v) is 4.36. The highest BCUT2D eigenvalue weighted by atomic mass is 16.3. The summed E-state index contributed by atoms with van der Waals surface area (Å²) in [5.74, 6) is 0.773. The highest BCUT2D eigenvalue weighted by molar-refractivity contribution is 5.49. The first kappa shape index (κ1) is 8.90. The molecule has 2 heterocycles. The Bertz CT molecular complexity index is 422. The van der Waals surface area contributed by atoms with Gasteiger partial charge in [-0.3, -0.25) is 4.98 Å². The zero-order valence-corrected chi connectivity index (χ0v) is 7.88. The Labute approximate surface area is 81.9 Å². The van der Waals surface area contributed by atoms with E-state index in [1.807, 2.05) is 29.8 Å². The highest BCUT2D eigenvalue weighted by Crippen LogP contribution is 2.14. The number of pyridine rings is 1. The van der Waals surface area contributed by atoms with Gasteiger partial charge in [-0.2, -0.15) is 0 Å². The zero-order valence-electron chi connectivity index (χ0n) is 7.88. The molecule has 0 saturated carbocycles. The van der Waals surface area contributed by atoms with Gasteiger partial charge in [0.1, 0.15) is 5.69 Å². The van der Waals surface area contributed by atoms with E-state index in [9.17, 15) is 0 Å². The van der Waals surface area contributed by atoms with Crippen molar-refractivity contribution in [1.82, 2.24) is 14.5 Å². The molecule has 2 aromatic rings. The molecule has 0 radical (unpaired) electrons. The number of imidazole rings is 1. The number of aliphatic hydroxyl groups is 1. The fraction of sp³-hybridized carbons (Fsp3) is 0.200. The van der Waals surface area contributed by atoms with Gasteiger partial charge in [-0.15, -0.1) is 0 Å². The van der Waals surface area contributed by atoms with Gasteiger partial charge in [-0.1, -0.05) is 6.07 Å². The number of nitrogens with zero attached hydrogens (tertiary/aromatic N) is 3. The lowest BCUT2D eigenvalue weighted by Gasteiger charge is -1.98. The molecule has 72 valence electrons. The Kier molecular flexibility index (Phi) is 2.28. The van der Waals surface area contributed by atoms with Crippen molar-refractivity contribution in [2.75, 3.05) is 0 Å². The van der Waals surface area contributed by atoms with E-state index in [1.54, 1.807) is 12.4 Å². The molecule has 4 nitrogen and oxygen atoms in total. The Morgan fingerprint density at radius 1 is 1.43 bits per heavy atom. The van der Waals surface area contributed by atoms with Gasteiger partial charge in [0.05, 0.1) is 12.3 Å². The van der Waals surface area contributed by atoms with Crippen LogP contribution in [0.1, 0.15) is 5.69 Å². The second-order valence-electron chi connectivity index (χ2n) is 3.04. The van der Waals surface area contributed by atoms with Gasteiger partial charge < -0.3 is 9.67 Å². The molecule has 0 bridgehead atoms. The van der Waals surface area contributed by atoms with Crippen molar-refractivity contribution in [3.8, 4) is 11.5 Å². The van der Waals surface area contributed by atoms with Gasteiger partial charge in [-0.05, 0) is 12.1 Å². The van der Waals surface area contributed by atoms with Gasteiger partial charge >= 0.3 is 0 Å². The second-order valence-corrected chi connectivity index (χ2v) is 3.04. The first-order valence-electron chi connectivity index (χ1n) is 4.36. The largest absolute Gasteiger partial charge is 0.390 e. The standard InChI is InChI=1S/C10H11N3O/c1-13-6-8(7-14)12-10(13)9-4-2-3-5-11-9/h2-6,14H,7H2,1H3. The molecule has 0 saturated heterocycles. The van der Waals surface area contributed by atoms with E-state index >= 15 is 0 Å². The predicted octanol–water partition coefficient (Wildman–Crippen LogP) is 0.974. The van der Waals surface area contributed by atoms with Gasteiger partial charge in [0.2, 0.25) is 0 Å². The molecule has 0 atom stereocenters. The van der Waals surface area contributed by atoms with Crippen LogP contribution in [0, 0.1) is 0 Å². The van der Waals surface area contributed by atoms with E-state index in [4.69, 9.17) is 5.11 Å². The third-order valence-corrected chi connectivity index (χ3v) is 1.98. The maximum atomic E-state index is 8.93. The number of hydrogen-bond donors (Lipinski definition) is 1. The molecule has 4 heteroatoms. The lowest BCUT2D eigenvalue weighted by atomic mass is 10.3. The zero-order chi connectivity index (χ0) is 9.97. The van der Waals surface area contributed by atoms with E-state index in [0.717, 1.165) is 11.5 Å². The maximum absolute atomic E-state index is 8.93. The number of rotatable bonds is 2. The van der Waals surface area contributed by atoms with Gasteiger partial charge in [0.15, 0.2) is 5.82 Å². The first-order chi connectivity index (χ1) is 6.81. The van der Waals surface area contributed by atoms with E-state index in [1.165, 1.54) is 0 Å². The van der Waals surface area contributed by atoms with Crippen molar-refractivity contribution in [2.45, 2.75) is 6.61 Å². The molecular weight excluding hydrogens is 178 g/mol. The van der Waals surface area contributed by atoms with E-state index < -0.39 is 0 Å². The molecule has 0 aliphatic rings. The van der Waals surface area contributed by atoms with Crippen LogP contribution in [0.5, 0.6) is 0 Å². The summed E-state index contributed by atoms with van der Waals surface area (Å²) in [6, 6.07) is 5.67. The molecule has 1 N–H and O–H groups in total. The monoisotopic (exact) mass is 189 g/mol. The van der Waals surface area contributed by atoms with Crippen LogP contribution in [0.25, 0.3) is 11.5 Å². The molecule has 0 aliphatic carbocycles. The number of aryl methyl sites for hydroxylation is 1. The van der Waals surface area contributed by atoms with Gasteiger partial charge in [0, 0.05) is 19.4 Å². The summed E-state index contributed by atoms with van der Waals surface area (Å²) in [6.45, 7) is -0.0410. The molecule has 0 fully saturated rings. The quantitative estimate of drug-likeness (QED) is 0.766. The van der Waals surface area contributed by atoms with E-state index in [0.29, 0.717) is 5.69 Å². The van der Waals surface area contributed by atoms with Crippen molar-refractivity contribution in [1.29, 1.82) is 0 Å². The minimum Gasteiger partial charge on any atom is -0.390 e. The predicted molar refractivity (Wildman–Crippen MR) is 52.4 cm³/mol. The SMILES string of the molecule is Cn1cc(CO)nc1-c1ccccn1. The second kappa shape index (κ2) is 3.59. The molecule has 0 aromatic carbocycles. The normalized spacial score (nSPS) is 10.4. The van der Waals surface area contributed by atoms with Crippen LogP contribution >= 0.6 is 0 Å².